The van der Waals surface area contributed by atoms with Crippen molar-refractivity contribution in [2.24, 2.45) is 11.8 Å². The van der Waals surface area contributed by atoms with Crippen LogP contribution < -0.4 is 10.6 Å². The second-order valence-electron chi connectivity index (χ2n) is 5.80. The maximum Gasteiger partial charge on any atom is 0.233 e. The van der Waals surface area contributed by atoms with Gasteiger partial charge in [0.05, 0.1) is 6.54 Å². The summed E-state index contributed by atoms with van der Waals surface area (Å²) in [5.41, 5.74) is 0. The van der Waals surface area contributed by atoms with Crippen LogP contribution in [-0.4, -0.2) is 25.0 Å². The predicted molar refractivity (Wildman–Crippen MR) is 71.9 cm³/mol. The first-order valence-corrected chi connectivity index (χ1v) is 7.09. The number of hydrogen-bond acceptors (Lipinski definition) is 2. The SMILES string of the molecule is CC(C)CNC(=O)CNC1CCCCCC1C. The van der Waals surface area contributed by atoms with Crippen molar-refractivity contribution in [1.29, 1.82) is 0 Å². The molecule has 1 fully saturated rings. The van der Waals surface area contributed by atoms with Gasteiger partial charge in [0, 0.05) is 12.6 Å². The van der Waals surface area contributed by atoms with E-state index in [9.17, 15) is 4.79 Å². The Morgan fingerprint density at radius 1 is 1.24 bits per heavy atom. The summed E-state index contributed by atoms with van der Waals surface area (Å²) in [5, 5.41) is 6.37. The van der Waals surface area contributed by atoms with E-state index in [4.69, 9.17) is 0 Å². The normalized spacial score (nSPS) is 25.6. The maximum absolute atomic E-state index is 11.6. The molecule has 0 saturated heterocycles. The van der Waals surface area contributed by atoms with Crippen molar-refractivity contribution in [3.05, 3.63) is 0 Å². The van der Waals surface area contributed by atoms with Gasteiger partial charge in [-0.1, -0.05) is 40.0 Å². The smallest absolute Gasteiger partial charge is 0.233 e. The first-order chi connectivity index (χ1) is 8.09. The first kappa shape index (κ1) is 14.5. The van der Waals surface area contributed by atoms with Crippen LogP contribution >= 0.6 is 0 Å². The Morgan fingerprint density at radius 2 is 1.94 bits per heavy atom. The molecule has 0 heterocycles. The van der Waals surface area contributed by atoms with Crippen molar-refractivity contribution in [1.82, 2.24) is 10.6 Å². The molecule has 0 radical (unpaired) electrons. The molecule has 0 bridgehead atoms. The molecule has 3 heteroatoms. The van der Waals surface area contributed by atoms with Crippen LogP contribution in [0.4, 0.5) is 0 Å². The lowest BCUT2D eigenvalue weighted by Crippen LogP contribution is -2.42. The Labute approximate surface area is 106 Å². The molecular formula is C14H28N2O. The van der Waals surface area contributed by atoms with Crippen LogP contribution in [0, 0.1) is 11.8 Å². The molecule has 100 valence electrons. The summed E-state index contributed by atoms with van der Waals surface area (Å²) in [4.78, 5) is 11.6. The molecule has 1 saturated carbocycles. The highest BCUT2D eigenvalue weighted by Gasteiger charge is 2.19. The topological polar surface area (TPSA) is 41.1 Å². The van der Waals surface area contributed by atoms with Crippen molar-refractivity contribution >= 4 is 5.91 Å². The van der Waals surface area contributed by atoms with Crippen LogP contribution in [0.1, 0.15) is 52.9 Å². The molecule has 1 rings (SSSR count). The highest BCUT2D eigenvalue weighted by molar-refractivity contribution is 5.77. The fourth-order valence-corrected chi connectivity index (χ4v) is 2.40. The average Bonchev–Trinajstić information content (AvgIpc) is 2.48. The minimum Gasteiger partial charge on any atom is -0.355 e. The summed E-state index contributed by atoms with van der Waals surface area (Å²) in [5.74, 6) is 1.36. The summed E-state index contributed by atoms with van der Waals surface area (Å²) < 4.78 is 0. The number of rotatable bonds is 5. The minimum atomic E-state index is 0.134. The van der Waals surface area contributed by atoms with Gasteiger partial charge in [-0.05, 0) is 24.7 Å². The number of amides is 1. The lowest BCUT2D eigenvalue weighted by Gasteiger charge is -2.22. The molecular weight excluding hydrogens is 212 g/mol. The lowest BCUT2D eigenvalue weighted by molar-refractivity contribution is -0.120. The fourth-order valence-electron chi connectivity index (χ4n) is 2.40. The second-order valence-corrected chi connectivity index (χ2v) is 5.80. The molecule has 0 aliphatic heterocycles. The van der Waals surface area contributed by atoms with E-state index in [1.54, 1.807) is 0 Å². The third kappa shape index (κ3) is 6.06. The zero-order chi connectivity index (χ0) is 12.7. The molecule has 0 spiro atoms. The molecule has 0 aromatic rings. The third-order valence-electron chi connectivity index (χ3n) is 3.59. The third-order valence-corrected chi connectivity index (χ3v) is 3.59. The Balaban J connectivity index is 2.21. The monoisotopic (exact) mass is 240 g/mol. The molecule has 2 atom stereocenters. The van der Waals surface area contributed by atoms with Crippen molar-refractivity contribution < 1.29 is 4.79 Å². The molecule has 0 aromatic heterocycles. The highest BCUT2D eigenvalue weighted by Crippen LogP contribution is 2.22. The van der Waals surface area contributed by atoms with Crippen molar-refractivity contribution in [3.63, 3.8) is 0 Å². The molecule has 1 amide bonds. The summed E-state index contributed by atoms with van der Waals surface area (Å²) >= 11 is 0. The van der Waals surface area contributed by atoms with Gasteiger partial charge < -0.3 is 10.6 Å². The zero-order valence-electron chi connectivity index (χ0n) is 11.6. The van der Waals surface area contributed by atoms with Crippen LogP contribution in [0.2, 0.25) is 0 Å². The number of nitrogens with one attached hydrogen (secondary N) is 2. The van der Waals surface area contributed by atoms with Gasteiger partial charge in [0.2, 0.25) is 5.91 Å². The van der Waals surface area contributed by atoms with Crippen molar-refractivity contribution in [2.75, 3.05) is 13.1 Å². The Hall–Kier alpha value is -0.570. The van der Waals surface area contributed by atoms with Gasteiger partial charge in [-0.2, -0.15) is 0 Å². The largest absolute Gasteiger partial charge is 0.355 e. The van der Waals surface area contributed by atoms with Gasteiger partial charge in [0.15, 0.2) is 0 Å². The lowest BCUT2D eigenvalue weighted by atomic mass is 9.97. The van der Waals surface area contributed by atoms with Gasteiger partial charge in [-0.15, -0.1) is 0 Å². The van der Waals surface area contributed by atoms with E-state index in [-0.39, 0.29) is 5.91 Å². The van der Waals surface area contributed by atoms with E-state index >= 15 is 0 Å². The molecule has 1 aliphatic carbocycles. The van der Waals surface area contributed by atoms with E-state index in [0.29, 0.717) is 24.4 Å². The fraction of sp³-hybridized carbons (Fsp3) is 0.929. The summed E-state index contributed by atoms with van der Waals surface area (Å²) in [6.45, 7) is 7.78. The van der Waals surface area contributed by atoms with E-state index in [0.717, 1.165) is 6.54 Å². The van der Waals surface area contributed by atoms with Crippen LogP contribution in [0.25, 0.3) is 0 Å². The van der Waals surface area contributed by atoms with E-state index in [1.807, 2.05) is 0 Å². The Morgan fingerprint density at radius 3 is 2.65 bits per heavy atom. The van der Waals surface area contributed by atoms with Gasteiger partial charge in [0.25, 0.3) is 0 Å². The summed E-state index contributed by atoms with van der Waals surface area (Å²) in [6, 6.07) is 0.530. The van der Waals surface area contributed by atoms with E-state index < -0.39 is 0 Å². The number of carbonyl (C=O) groups is 1. The van der Waals surface area contributed by atoms with Crippen molar-refractivity contribution in [3.8, 4) is 0 Å². The minimum absolute atomic E-state index is 0.134. The Kier molecular flexibility index (Phi) is 6.56. The van der Waals surface area contributed by atoms with Gasteiger partial charge in [-0.25, -0.2) is 0 Å². The van der Waals surface area contributed by atoms with Gasteiger partial charge >= 0.3 is 0 Å². The van der Waals surface area contributed by atoms with Gasteiger partial charge in [-0.3, -0.25) is 4.79 Å². The molecule has 1 aliphatic rings. The van der Waals surface area contributed by atoms with Crippen LogP contribution in [0.5, 0.6) is 0 Å². The standard InChI is InChI=1S/C14H28N2O/c1-11(2)9-16-14(17)10-15-13-8-6-4-5-7-12(13)3/h11-13,15H,4-10H2,1-3H3,(H,16,17). The quantitative estimate of drug-likeness (QED) is 0.724. The van der Waals surface area contributed by atoms with E-state index in [1.165, 1.54) is 32.1 Å². The molecule has 17 heavy (non-hydrogen) atoms. The molecule has 3 nitrogen and oxygen atoms in total. The van der Waals surface area contributed by atoms with Crippen LogP contribution in [0.15, 0.2) is 0 Å². The second kappa shape index (κ2) is 7.70. The van der Waals surface area contributed by atoms with Crippen molar-refractivity contribution in [2.45, 2.75) is 58.9 Å². The Bertz CT molecular complexity index is 228. The maximum atomic E-state index is 11.6. The summed E-state index contributed by atoms with van der Waals surface area (Å²) in [7, 11) is 0. The number of carbonyl (C=O) groups excluding carboxylic acids is 1. The zero-order valence-corrected chi connectivity index (χ0v) is 11.6. The predicted octanol–water partition coefficient (Wildman–Crippen LogP) is 2.32. The summed E-state index contributed by atoms with van der Waals surface area (Å²) in [6.07, 6.45) is 6.51. The molecule has 0 aromatic carbocycles. The van der Waals surface area contributed by atoms with Crippen LogP contribution in [0.3, 0.4) is 0 Å². The van der Waals surface area contributed by atoms with Crippen LogP contribution in [-0.2, 0) is 4.79 Å². The first-order valence-electron chi connectivity index (χ1n) is 7.09. The molecule has 2 unspecified atom stereocenters. The van der Waals surface area contributed by atoms with E-state index in [2.05, 4.69) is 31.4 Å². The highest BCUT2D eigenvalue weighted by atomic mass is 16.1. The molecule has 2 N–H and O–H groups in total. The average molecular weight is 240 g/mol. The van der Waals surface area contributed by atoms with Gasteiger partial charge in [0.1, 0.15) is 0 Å². The number of hydrogen-bond donors (Lipinski definition) is 2.